The van der Waals surface area contributed by atoms with Gasteiger partial charge in [0.2, 0.25) is 11.7 Å². The Morgan fingerprint density at radius 3 is 2.65 bits per heavy atom. The molecule has 4 nitrogen and oxygen atoms in total. The van der Waals surface area contributed by atoms with Crippen molar-refractivity contribution < 1.29 is 4.52 Å². The lowest BCUT2D eigenvalue weighted by Gasteiger charge is -2.27. The van der Waals surface area contributed by atoms with Crippen molar-refractivity contribution >= 4 is 0 Å². The number of rotatable bonds is 3. The maximum absolute atomic E-state index is 5.54. The Kier molecular flexibility index (Phi) is 3.83. The second-order valence-electron chi connectivity index (χ2n) is 5.76. The second kappa shape index (κ2) is 5.75. The summed E-state index contributed by atoms with van der Waals surface area (Å²) in [4.78, 5) is 4.37. The molecule has 0 unspecified atom stereocenters. The van der Waals surface area contributed by atoms with Gasteiger partial charge in [0.25, 0.3) is 0 Å². The van der Waals surface area contributed by atoms with Gasteiger partial charge in [0.15, 0.2) is 0 Å². The number of nitrogens with two attached hydrogens (primary N) is 1. The van der Waals surface area contributed by atoms with Crippen LogP contribution < -0.4 is 5.73 Å². The molecule has 0 bridgehead atoms. The maximum Gasteiger partial charge on any atom is 0.240 e. The quantitative estimate of drug-likeness (QED) is 0.928. The van der Waals surface area contributed by atoms with Crippen LogP contribution >= 0.6 is 0 Å². The van der Waals surface area contributed by atoms with Gasteiger partial charge < -0.3 is 10.3 Å². The third-order valence-electron chi connectivity index (χ3n) is 4.30. The highest BCUT2D eigenvalue weighted by molar-refractivity contribution is 5.60. The average molecular weight is 271 g/mol. The van der Waals surface area contributed by atoms with Crippen LogP contribution in [-0.4, -0.2) is 10.1 Å². The molecule has 1 heterocycles. The fourth-order valence-electron chi connectivity index (χ4n) is 3.07. The minimum absolute atomic E-state index is 0.288. The van der Waals surface area contributed by atoms with Crippen molar-refractivity contribution in [1.82, 2.24) is 10.1 Å². The number of nitrogens with zero attached hydrogens (tertiary/aromatic N) is 2. The molecule has 0 saturated heterocycles. The molecule has 106 valence electrons. The molecule has 0 amide bonds. The van der Waals surface area contributed by atoms with Crippen LogP contribution in [0.25, 0.3) is 11.4 Å². The highest BCUT2D eigenvalue weighted by atomic mass is 16.5. The zero-order valence-corrected chi connectivity index (χ0v) is 11.9. The summed E-state index contributed by atoms with van der Waals surface area (Å²) in [6.45, 7) is 2.63. The molecule has 1 aromatic carbocycles. The lowest BCUT2D eigenvalue weighted by molar-refractivity contribution is 0.348. The van der Waals surface area contributed by atoms with E-state index in [1.807, 2.05) is 6.07 Å². The van der Waals surface area contributed by atoms with Crippen LogP contribution in [0.4, 0.5) is 0 Å². The first-order valence-corrected chi connectivity index (χ1v) is 7.40. The molecule has 2 aromatic rings. The molecule has 0 radical (unpaired) electrons. The van der Waals surface area contributed by atoms with Gasteiger partial charge in [0.1, 0.15) is 0 Å². The van der Waals surface area contributed by atoms with Crippen LogP contribution in [0.1, 0.15) is 50.0 Å². The van der Waals surface area contributed by atoms with Crippen LogP contribution in [0.5, 0.6) is 0 Å². The molecule has 2 N–H and O–H groups in total. The van der Waals surface area contributed by atoms with E-state index in [2.05, 4.69) is 35.3 Å². The lowest BCUT2D eigenvalue weighted by atomic mass is 9.78. The second-order valence-corrected chi connectivity index (χ2v) is 5.76. The van der Waals surface area contributed by atoms with E-state index in [4.69, 9.17) is 10.3 Å². The summed E-state index contributed by atoms with van der Waals surface area (Å²) >= 11 is 0. The standard InChI is InChI=1S/C16H21N3O/c1-11-6-8-12(9-7-11)13-4-2-3-5-14(13)16-18-15(10-17)20-19-16/h2-5,11-12H,6-10,17H2,1H3. The average Bonchev–Trinajstić information content (AvgIpc) is 2.97. The van der Waals surface area contributed by atoms with Crippen LogP contribution in [0.3, 0.4) is 0 Å². The topological polar surface area (TPSA) is 64.9 Å². The predicted octanol–water partition coefficient (Wildman–Crippen LogP) is 3.49. The minimum Gasteiger partial charge on any atom is -0.338 e. The molecule has 0 aliphatic heterocycles. The van der Waals surface area contributed by atoms with Crippen molar-refractivity contribution in [2.24, 2.45) is 11.7 Å². The van der Waals surface area contributed by atoms with Crippen molar-refractivity contribution in [3.8, 4) is 11.4 Å². The van der Waals surface area contributed by atoms with Gasteiger partial charge in [-0.3, -0.25) is 0 Å². The van der Waals surface area contributed by atoms with Crippen molar-refractivity contribution in [3.63, 3.8) is 0 Å². The van der Waals surface area contributed by atoms with Crippen LogP contribution in [0.2, 0.25) is 0 Å². The van der Waals surface area contributed by atoms with Gasteiger partial charge in [0.05, 0.1) is 6.54 Å². The molecule has 1 fully saturated rings. The fraction of sp³-hybridized carbons (Fsp3) is 0.500. The molecule has 0 atom stereocenters. The Hall–Kier alpha value is -1.68. The molecule has 4 heteroatoms. The van der Waals surface area contributed by atoms with Gasteiger partial charge in [0, 0.05) is 5.56 Å². The van der Waals surface area contributed by atoms with Gasteiger partial charge >= 0.3 is 0 Å². The van der Waals surface area contributed by atoms with Crippen LogP contribution in [0, 0.1) is 5.92 Å². The van der Waals surface area contributed by atoms with Gasteiger partial charge in [-0.2, -0.15) is 4.98 Å². The summed E-state index contributed by atoms with van der Waals surface area (Å²) in [5.74, 6) is 2.63. The smallest absolute Gasteiger partial charge is 0.240 e. The molecule has 1 aliphatic rings. The summed E-state index contributed by atoms with van der Waals surface area (Å²) in [6.07, 6.45) is 5.11. The van der Waals surface area contributed by atoms with Crippen molar-refractivity contribution in [2.75, 3.05) is 0 Å². The summed E-state index contributed by atoms with van der Waals surface area (Å²) in [7, 11) is 0. The van der Waals surface area contributed by atoms with Gasteiger partial charge in [-0.15, -0.1) is 0 Å². The summed E-state index contributed by atoms with van der Waals surface area (Å²) in [5.41, 5.74) is 7.98. The van der Waals surface area contributed by atoms with Crippen molar-refractivity contribution in [1.29, 1.82) is 0 Å². The van der Waals surface area contributed by atoms with Crippen LogP contribution in [0.15, 0.2) is 28.8 Å². The van der Waals surface area contributed by atoms with Gasteiger partial charge in [-0.1, -0.05) is 49.2 Å². The zero-order valence-electron chi connectivity index (χ0n) is 11.9. The van der Waals surface area contributed by atoms with E-state index in [-0.39, 0.29) is 6.54 Å². The minimum atomic E-state index is 0.288. The Morgan fingerprint density at radius 2 is 1.95 bits per heavy atom. The normalized spacial score (nSPS) is 22.9. The van der Waals surface area contributed by atoms with E-state index in [1.165, 1.54) is 31.2 Å². The summed E-state index contributed by atoms with van der Waals surface area (Å²) in [6, 6.07) is 8.41. The molecule has 1 aliphatic carbocycles. The monoisotopic (exact) mass is 271 g/mol. The van der Waals surface area contributed by atoms with E-state index >= 15 is 0 Å². The van der Waals surface area contributed by atoms with Crippen molar-refractivity contribution in [3.05, 3.63) is 35.7 Å². The van der Waals surface area contributed by atoms with E-state index in [1.54, 1.807) is 0 Å². The highest BCUT2D eigenvalue weighted by Crippen LogP contribution is 2.39. The van der Waals surface area contributed by atoms with E-state index in [0.717, 1.165) is 11.5 Å². The Bertz CT molecular complexity index is 571. The number of hydrogen-bond acceptors (Lipinski definition) is 4. The highest BCUT2D eigenvalue weighted by Gasteiger charge is 2.23. The van der Waals surface area contributed by atoms with E-state index in [9.17, 15) is 0 Å². The fourth-order valence-corrected chi connectivity index (χ4v) is 3.07. The number of benzene rings is 1. The molecule has 1 saturated carbocycles. The molecule has 20 heavy (non-hydrogen) atoms. The first-order chi connectivity index (χ1) is 9.78. The van der Waals surface area contributed by atoms with E-state index < -0.39 is 0 Å². The first-order valence-electron chi connectivity index (χ1n) is 7.40. The lowest BCUT2D eigenvalue weighted by Crippen LogP contribution is -2.11. The predicted molar refractivity (Wildman–Crippen MR) is 78.0 cm³/mol. The number of aromatic nitrogens is 2. The Morgan fingerprint density at radius 1 is 1.20 bits per heavy atom. The van der Waals surface area contributed by atoms with Gasteiger partial charge in [-0.25, -0.2) is 0 Å². The largest absolute Gasteiger partial charge is 0.338 e. The molecular weight excluding hydrogens is 250 g/mol. The zero-order chi connectivity index (χ0) is 13.9. The molecule has 0 spiro atoms. The number of hydrogen-bond donors (Lipinski definition) is 1. The molecular formula is C16H21N3O. The Balaban J connectivity index is 1.91. The third-order valence-corrected chi connectivity index (χ3v) is 4.30. The maximum atomic E-state index is 5.54. The van der Waals surface area contributed by atoms with E-state index in [0.29, 0.717) is 17.6 Å². The van der Waals surface area contributed by atoms with Gasteiger partial charge in [-0.05, 0) is 30.2 Å². The third kappa shape index (κ3) is 2.61. The first kappa shape index (κ1) is 13.3. The summed E-state index contributed by atoms with van der Waals surface area (Å²) in [5, 5.41) is 4.06. The van der Waals surface area contributed by atoms with Crippen LogP contribution in [-0.2, 0) is 6.54 Å². The molecule has 3 rings (SSSR count). The summed E-state index contributed by atoms with van der Waals surface area (Å²) < 4.78 is 5.14. The SMILES string of the molecule is CC1CCC(c2ccccc2-c2noc(CN)n2)CC1. The molecule has 1 aromatic heterocycles. The Labute approximate surface area is 119 Å². The van der Waals surface area contributed by atoms with Crippen molar-refractivity contribution in [2.45, 2.75) is 45.1 Å².